The van der Waals surface area contributed by atoms with Crippen LogP contribution in [-0.2, 0) is 14.3 Å². The molecule has 0 amide bonds. The Balaban J connectivity index is 4.39. The van der Waals surface area contributed by atoms with E-state index in [1.807, 2.05) is 6.92 Å². The number of carbonyl (C=O) groups is 2. The van der Waals surface area contributed by atoms with E-state index in [-0.39, 0.29) is 6.42 Å². The van der Waals surface area contributed by atoms with Gasteiger partial charge in [-0.1, -0.05) is 19.4 Å². The van der Waals surface area contributed by atoms with Crippen LogP contribution < -0.4 is 0 Å². The highest BCUT2D eigenvalue weighted by Gasteiger charge is 2.30. The highest BCUT2D eigenvalue weighted by molar-refractivity contribution is 6.62. The minimum absolute atomic E-state index is 0.167. The van der Waals surface area contributed by atoms with Gasteiger partial charge in [0, 0.05) is 6.42 Å². The van der Waals surface area contributed by atoms with Crippen LogP contribution in [0.1, 0.15) is 32.6 Å². The maximum absolute atomic E-state index is 11.6. The topological polar surface area (TPSA) is 79.8 Å². The zero-order valence-electron chi connectivity index (χ0n) is 10.3. The Morgan fingerprint density at radius 3 is 2.59 bits per heavy atom. The van der Waals surface area contributed by atoms with Gasteiger partial charge in [-0.15, -0.1) is 6.58 Å². The van der Waals surface area contributed by atoms with Crippen molar-refractivity contribution >= 4 is 17.5 Å². The summed E-state index contributed by atoms with van der Waals surface area (Å²) < 4.78 is 4.34. The molecule has 0 bridgehead atoms. The molecule has 5 nitrogen and oxygen atoms in total. The number of hydrogen-bond donors (Lipinski definition) is 0. The van der Waals surface area contributed by atoms with Crippen molar-refractivity contribution in [2.75, 3.05) is 7.11 Å². The van der Waals surface area contributed by atoms with Crippen LogP contribution in [-0.4, -0.2) is 29.4 Å². The van der Waals surface area contributed by atoms with Gasteiger partial charge in [-0.2, -0.15) is 4.79 Å². The number of hydrogen-bond acceptors (Lipinski definition) is 3. The average Bonchev–Trinajstić information content (AvgIpc) is 2.34. The largest absolute Gasteiger partial charge is 0.460 e. The van der Waals surface area contributed by atoms with Crippen molar-refractivity contribution in [2.24, 2.45) is 5.92 Å². The summed E-state index contributed by atoms with van der Waals surface area (Å²) in [6.07, 6.45) is 4.37. The van der Waals surface area contributed by atoms with Gasteiger partial charge in [0.2, 0.25) is 0 Å². The first-order valence-corrected chi connectivity index (χ1v) is 5.55. The van der Waals surface area contributed by atoms with Crippen LogP contribution in [0, 0.1) is 5.92 Å². The Bertz CT molecular complexity index is 344. The van der Waals surface area contributed by atoms with E-state index in [0.717, 1.165) is 20.0 Å². The van der Waals surface area contributed by atoms with Crippen molar-refractivity contribution in [2.45, 2.75) is 32.6 Å². The van der Waals surface area contributed by atoms with E-state index >= 15 is 0 Å². The van der Waals surface area contributed by atoms with Crippen LogP contribution in [0.4, 0.5) is 0 Å². The van der Waals surface area contributed by atoms with Gasteiger partial charge >= 0.3 is 11.7 Å². The Morgan fingerprint density at radius 2 is 2.18 bits per heavy atom. The third-order valence-corrected chi connectivity index (χ3v) is 2.60. The van der Waals surface area contributed by atoms with Gasteiger partial charge in [0.05, 0.1) is 7.11 Å². The summed E-state index contributed by atoms with van der Waals surface area (Å²) in [7, 11) is 1.13. The second-order valence-corrected chi connectivity index (χ2v) is 3.70. The molecule has 5 heteroatoms. The lowest BCUT2D eigenvalue weighted by Crippen LogP contribution is -2.26. The lowest BCUT2D eigenvalue weighted by Gasteiger charge is -2.10. The number of allylic oxidation sites excluding steroid dienone is 1. The van der Waals surface area contributed by atoms with Crippen molar-refractivity contribution in [3.05, 3.63) is 18.2 Å². The molecule has 0 heterocycles. The quantitative estimate of drug-likeness (QED) is 0.161. The predicted octanol–water partition coefficient (Wildman–Crippen LogP) is 1.78. The van der Waals surface area contributed by atoms with Gasteiger partial charge in [0.15, 0.2) is 0 Å². The molecule has 0 spiro atoms. The Kier molecular flexibility index (Phi) is 7.55. The zero-order chi connectivity index (χ0) is 13.3. The first-order chi connectivity index (χ1) is 8.10. The van der Waals surface area contributed by atoms with Gasteiger partial charge in [-0.3, -0.25) is 4.79 Å². The lowest BCUT2D eigenvalue weighted by molar-refractivity contribution is -0.139. The molecule has 0 aromatic heterocycles. The fourth-order valence-corrected chi connectivity index (χ4v) is 1.49. The standard InChI is InChI=1S/C12H18N2O3/c1-4-6-9(5-2)7-8-10(15)11(14-13)12(16)17-3/h4,9H,1,5-8H2,2-3H3. The van der Waals surface area contributed by atoms with Gasteiger partial charge in [-0.05, 0) is 18.8 Å². The van der Waals surface area contributed by atoms with Crippen LogP contribution in [0.15, 0.2) is 12.7 Å². The van der Waals surface area contributed by atoms with Gasteiger partial charge < -0.3 is 10.3 Å². The third kappa shape index (κ3) is 5.22. The molecule has 0 aliphatic rings. The van der Waals surface area contributed by atoms with E-state index in [0.29, 0.717) is 12.3 Å². The minimum atomic E-state index is -0.908. The molecule has 0 aromatic carbocycles. The second kappa shape index (κ2) is 8.42. The molecule has 0 radical (unpaired) electrons. The minimum Gasteiger partial charge on any atom is -0.460 e. The molecule has 0 fully saturated rings. The number of rotatable bonds is 8. The van der Waals surface area contributed by atoms with Crippen LogP contribution >= 0.6 is 0 Å². The van der Waals surface area contributed by atoms with E-state index in [9.17, 15) is 9.59 Å². The normalized spacial score (nSPS) is 11.2. The summed E-state index contributed by atoms with van der Waals surface area (Å²) in [4.78, 5) is 25.3. The fraction of sp³-hybridized carbons (Fsp3) is 0.583. The molecule has 0 N–H and O–H groups in total. The summed E-state index contributed by atoms with van der Waals surface area (Å²) in [5.41, 5.74) is 8.03. The Hall–Kier alpha value is -1.74. The number of Topliss-reactive ketones (excluding diaryl/α,β-unsaturated/α-hetero) is 1. The third-order valence-electron chi connectivity index (χ3n) is 2.60. The van der Waals surface area contributed by atoms with Crippen molar-refractivity contribution < 1.29 is 19.1 Å². The van der Waals surface area contributed by atoms with E-state index in [4.69, 9.17) is 5.53 Å². The maximum Gasteiger partial charge on any atom is 0.441 e. The lowest BCUT2D eigenvalue weighted by atomic mass is 9.94. The van der Waals surface area contributed by atoms with Crippen LogP contribution in [0.25, 0.3) is 5.53 Å². The van der Waals surface area contributed by atoms with Crippen molar-refractivity contribution in [3.63, 3.8) is 0 Å². The summed E-state index contributed by atoms with van der Waals surface area (Å²) in [6, 6.07) is 0. The van der Waals surface area contributed by atoms with Gasteiger partial charge in [0.25, 0.3) is 5.78 Å². The summed E-state index contributed by atoms with van der Waals surface area (Å²) in [5, 5.41) is 0. The molecule has 94 valence electrons. The molecule has 0 saturated carbocycles. The molecule has 0 aromatic rings. The van der Waals surface area contributed by atoms with Gasteiger partial charge in [-0.25, -0.2) is 4.79 Å². The monoisotopic (exact) mass is 238 g/mol. The molecule has 0 aliphatic carbocycles. The fourth-order valence-electron chi connectivity index (χ4n) is 1.49. The van der Waals surface area contributed by atoms with Crippen LogP contribution in [0.3, 0.4) is 0 Å². The first kappa shape index (κ1) is 15.3. The van der Waals surface area contributed by atoms with Crippen LogP contribution in [0.2, 0.25) is 0 Å². The molecule has 1 atom stereocenters. The summed E-state index contributed by atoms with van der Waals surface area (Å²) in [6.45, 7) is 5.67. The van der Waals surface area contributed by atoms with Crippen LogP contribution in [0.5, 0.6) is 0 Å². The molecule has 0 rings (SSSR count). The summed E-state index contributed by atoms with van der Waals surface area (Å²) in [5.74, 6) is -1.05. The highest BCUT2D eigenvalue weighted by Crippen LogP contribution is 2.15. The number of esters is 1. The van der Waals surface area contributed by atoms with Crippen molar-refractivity contribution in [3.8, 4) is 0 Å². The number of methoxy groups -OCH3 is 1. The van der Waals surface area contributed by atoms with E-state index in [1.165, 1.54) is 0 Å². The Morgan fingerprint density at radius 1 is 1.53 bits per heavy atom. The van der Waals surface area contributed by atoms with Crippen molar-refractivity contribution in [1.82, 2.24) is 0 Å². The SMILES string of the molecule is C=CCC(CC)CCC(=O)C(=[N+]=[N-])C(=O)OC. The number of carbonyl (C=O) groups excluding carboxylic acids is 2. The number of ether oxygens (including phenoxy) is 1. The second-order valence-electron chi connectivity index (χ2n) is 3.70. The number of ketones is 1. The Labute approximate surface area is 101 Å². The molecular weight excluding hydrogens is 220 g/mol. The smallest absolute Gasteiger partial charge is 0.441 e. The van der Waals surface area contributed by atoms with E-state index in [1.54, 1.807) is 6.08 Å². The molecule has 0 saturated heterocycles. The molecular formula is C12H18N2O3. The zero-order valence-corrected chi connectivity index (χ0v) is 10.3. The average molecular weight is 238 g/mol. The van der Waals surface area contributed by atoms with E-state index < -0.39 is 17.5 Å². The van der Waals surface area contributed by atoms with Gasteiger partial charge in [0.1, 0.15) is 0 Å². The highest BCUT2D eigenvalue weighted by atomic mass is 16.5. The molecule has 17 heavy (non-hydrogen) atoms. The molecule has 0 aliphatic heterocycles. The summed E-state index contributed by atoms with van der Waals surface area (Å²) >= 11 is 0. The van der Waals surface area contributed by atoms with Crippen molar-refractivity contribution in [1.29, 1.82) is 0 Å². The van der Waals surface area contributed by atoms with E-state index in [2.05, 4.69) is 16.1 Å². The predicted molar refractivity (Wildman–Crippen MR) is 63.5 cm³/mol. The molecule has 1 unspecified atom stereocenters. The maximum atomic E-state index is 11.6. The first-order valence-electron chi connectivity index (χ1n) is 5.55. The number of nitrogens with zero attached hydrogens (tertiary/aromatic N) is 2.